The summed E-state index contributed by atoms with van der Waals surface area (Å²) in [6.07, 6.45) is 6.79. The van der Waals surface area contributed by atoms with Crippen LogP contribution < -0.4 is 4.74 Å². The largest absolute Gasteiger partial charge is 0.503 e. The zero-order chi connectivity index (χ0) is 18.2. The first-order valence-corrected chi connectivity index (χ1v) is 9.05. The number of ether oxygens (including phenoxy) is 1. The molecular weight excluding hydrogens is 356 g/mol. The Balaban J connectivity index is 1.44. The van der Waals surface area contributed by atoms with E-state index in [0.29, 0.717) is 17.4 Å². The molecule has 1 saturated heterocycles. The first-order chi connectivity index (χ1) is 12.5. The van der Waals surface area contributed by atoms with E-state index in [9.17, 15) is 14.7 Å². The molecule has 4 aliphatic carbocycles. The number of nitrogens with zero attached hydrogens (tertiary/aromatic N) is 2. The Morgan fingerprint density at radius 1 is 1.19 bits per heavy atom. The Kier molecular flexibility index (Phi) is 3.26. The summed E-state index contributed by atoms with van der Waals surface area (Å²) in [6.45, 7) is 0. The molecule has 1 aromatic rings. The van der Waals surface area contributed by atoms with Gasteiger partial charge in [-0.1, -0.05) is 23.8 Å². The monoisotopic (exact) mass is 372 g/mol. The van der Waals surface area contributed by atoms with Crippen molar-refractivity contribution in [2.24, 2.45) is 40.6 Å². The van der Waals surface area contributed by atoms with Gasteiger partial charge in [-0.3, -0.25) is 9.59 Å². The molecule has 26 heavy (non-hydrogen) atoms. The number of phenols is 1. The normalized spacial score (nSPS) is 36.6. The number of hydrazone groups is 1. The molecule has 2 amide bonds. The summed E-state index contributed by atoms with van der Waals surface area (Å²) in [4.78, 5) is 25.7. The highest BCUT2D eigenvalue weighted by molar-refractivity contribution is 6.32. The van der Waals surface area contributed by atoms with Crippen molar-refractivity contribution in [2.75, 3.05) is 7.11 Å². The maximum absolute atomic E-state index is 12.8. The molecule has 6 rings (SSSR count). The molecule has 1 N–H and O–H groups in total. The molecule has 3 fully saturated rings. The van der Waals surface area contributed by atoms with Crippen LogP contribution in [0.15, 0.2) is 29.4 Å². The minimum absolute atomic E-state index is 0.112. The van der Waals surface area contributed by atoms with Crippen molar-refractivity contribution in [3.05, 3.63) is 34.9 Å². The van der Waals surface area contributed by atoms with Gasteiger partial charge in [0, 0.05) is 0 Å². The molecular formula is C19H17ClN2O4. The summed E-state index contributed by atoms with van der Waals surface area (Å²) in [5.74, 6) is 0.564. The number of rotatable bonds is 3. The van der Waals surface area contributed by atoms with E-state index in [1.807, 2.05) is 0 Å². The van der Waals surface area contributed by atoms with Gasteiger partial charge >= 0.3 is 0 Å². The SMILES string of the molecule is COc1cc(/C=N/N2C(=O)[C@H]3[C@@H]4C=C[C@H]([C@H]5C[C@H]45)[C@@H]3C2=O)cc(Cl)c1O. The number of carbonyl (C=O) groups is 2. The number of hydrogen-bond donors (Lipinski definition) is 1. The van der Waals surface area contributed by atoms with Crippen LogP contribution in [-0.2, 0) is 9.59 Å². The number of phenolic OH excluding ortho intramolecular Hbond substituents is 1. The first-order valence-electron chi connectivity index (χ1n) is 8.68. The third-order valence-corrected chi connectivity index (χ3v) is 6.52. The lowest BCUT2D eigenvalue weighted by Gasteiger charge is -2.37. The van der Waals surface area contributed by atoms with E-state index in [4.69, 9.17) is 16.3 Å². The molecule has 0 radical (unpaired) electrons. The molecule has 2 saturated carbocycles. The van der Waals surface area contributed by atoms with Crippen molar-refractivity contribution in [3.63, 3.8) is 0 Å². The maximum atomic E-state index is 12.8. The van der Waals surface area contributed by atoms with Crippen LogP contribution in [0.2, 0.25) is 5.02 Å². The topological polar surface area (TPSA) is 79.2 Å². The Morgan fingerprint density at radius 2 is 1.81 bits per heavy atom. The Labute approximate surface area is 155 Å². The van der Waals surface area contributed by atoms with E-state index in [1.165, 1.54) is 19.4 Å². The van der Waals surface area contributed by atoms with Crippen LogP contribution in [0.25, 0.3) is 0 Å². The predicted octanol–water partition coefficient (Wildman–Crippen LogP) is 2.44. The van der Waals surface area contributed by atoms with Crippen LogP contribution >= 0.6 is 11.6 Å². The van der Waals surface area contributed by atoms with E-state index >= 15 is 0 Å². The average molecular weight is 373 g/mol. The van der Waals surface area contributed by atoms with Gasteiger partial charge in [-0.2, -0.15) is 10.1 Å². The minimum atomic E-state index is -0.267. The van der Waals surface area contributed by atoms with Crippen LogP contribution in [0.4, 0.5) is 0 Å². The summed E-state index contributed by atoms with van der Waals surface area (Å²) in [5.41, 5.74) is 0.532. The highest BCUT2D eigenvalue weighted by atomic mass is 35.5. The van der Waals surface area contributed by atoms with E-state index in [2.05, 4.69) is 17.3 Å². The van der Waals surface area contributed by atoms with Gasteiger partial charge in [-0.15, -0.1) is 0 Å². The second-order valence-corrected chi connectivity index (χ2v) is 7.85. The van der Waals surface area contributed by atoms with E-state index in [1.54, 1.807) is 6.07 Å². The quantitative estimate of drug-likeness (QED) is 0.502. The number of amides is 2. The number of halogens is 1. The van der Waals surface area contributed by atoms with Crippen molar-refractivity contribution in [1.82, 2.24) is 5.01 Å². The highest BCUT2D eigenvalue weighted by Crippen LogP contribution is 2.65. The van der Waals surface area contributed by atoms with E-state index < -0.39 is 0 Å². The summed E-state index contributed by atoms with van der Waals surface area (Å²) < 4.78 is 5.06. The lowest BCUT2D eigenvalue weighted by atomic mass is 9.63. The van der Waals surface area contributed by atoms with Gasteiger partial charge in [0.2, 0.25) is 0 Å². The zero-order valence-corrected chi connectivity index (χ0v) is 14.8. The second kappa shape index (κ2) is 5.33. The maximum Gasteiger partial charge on any atom is 0.254 e. The molecule has 6 atom stereocenters. The highest BCUT2D eigenvalue weighted by Gasteiger charge is 2.67. The molecule has 134 valence electrons. The summed E-state index contributed by atoms with van der Waals surface area (Å²) in [7, 11) is 1.42. The van der Waals surface area contributed by atoms with Crippen molar-refractivity contribution in [2.45, 2.75) is 6.42 Å². The molecule has 0 aromatic heterocycles. The van der Waals surface area contributed by atoms with Gasteiger partial charge in [-0.25, -0.2) is 0 Å². The Morgan fingerprint density at radius 3 is 2.38 bits per heavy atom. The van der Waals surface area contributed by atoms with Crippen molar-refractivity contribution in [3.8, 4) is 11.5 Å². The van der Waals surface area contributed by atoms with Crippen LogP contribution in [0.5, 0.6) is 11.5 Å². The molecule has 1 aromatic carbocycles. The summed E-state index contributed by atoms with van der Waals surface area (Å²) in [5, 5.41) is 15.1. The molecule has 5 aliphatic rings. The third kappa shape index (κ3) is 2.02. The first kappa shape index (κ1) is 15.9. The summed E-state index contributed by atoms with van der Waals surface area (Å²) >= 11 is 5.97. The van der Waals surface area contributed by atoms with Crippen molar-refractivity contribution >= 4 is 29.6 Å². The molecule has 6 nitrogen and oxygen atoms in total. The van der Waals surface area contributed by atoms with Gasteiger partial charge in [0.1, 0.15) is 0 Å². The van der Waals surface area contributed by atoms with E-state index in [0.717, 1.165) is 11.4 Å². The van der Waals surface area contributed by atoms with E-state index in [-0.39, 0.29) is 52.0 Å². The van der Waals surface area contributed by atoms with Gasteiger partial charge in [0.05, 0.1) is 30.2 Å². The number of allylic oxidation sites excluding steroid dienone is 2. The molecule has 1 aliphatic heterocycles. The molecule has 0 unspecified atom stereocenters. The van der Waals surface area contributed by atoms with Crippen LogP contribution in [-0.4, -0.2) is 35.3 Å². The number of methoxy groups -OCH3 is 1. The van der Waals surface area contributed by atoms with Gasteiger partial charge in [-0.05, 0) is 47.8 Å². The standard InChI is InChI=1S/C19H17ClN2O4/c1-26-14-5-8(4-13(20)17(14)23)7-21-22-18(24)15-9-2-3-10(12-6-11(9)12)16(15)19(22)25/h2-5,7,9-12,15-16,23H,6H2,1H3/b21-7+/t9-,10-,11-,12-,15+,16+/m1/s1. The minimum Gasteiger partial charge on any atom is -0.503 e. The average Bonchev–Trinajstić information content (AvgIpc) is 3.41. The Hall–Kier alpha value is -2.34. The van der Waals surface area contributed by atoms with Crippen molar-refractivity contribution in [1.29, 1.82) is 0 Å². The number of benzene rings is 1. The van der Waals surface area contributed by atoms with Crippen LogP contribution in [0, 0.1) is 35.5 Å². The lowest BCUT2D eigenvalue weighted by Crippen LogP contribution is -2.40. The fraction of sp³-hybridized carbons (Fsp3) is 0.421. The number of carbonyl (C=O) groups excluding carboxylic acids is 2. The van der Waals surface area contributed by atoms with Crippen molar-refractivity contribution < 1.29 is 19.4 Å². The number of imide groups is 1. The summed E-state index contributed by atoms with van der Waals surface area (Å²) in [6, 6.07) is 3.05. The van der Waals surface area contributed by atoms with Crippen LogP contribution in [0.3, 0.4) is 0 Å². The Bertz CT molecular complexity index is 860. The molecule has 2 bridgehead atoms. The lowest BCUT2D eigenvalue weighted by molar-refractivity contribution is -0.140. The number of hydrogen-bond acceptors (Lipinski definition) is 5. The molecule has 7 heteroatoms. The van der Waals surface area contributed by atoms with Gasteiger partial charge in [0.25, 0.3) is 11.8 Å². The van der Waals surface area contributed by atoms with Gasteiger partial charge < -0.3 is 9.84 Å². The smallest absolute Gasteiger partial charge is 0.254 e. The molecule has 1 heterocycles. The predicted molar refractivity (Wildman–Crippen MR) is 93.8 cm³/mol. The van der Waals surface area contributed by atoms with Crippen LogP contribution in [0.1, 0.15) is 12.0 Å². The third-order valence-electron chi connectivity index (χ3n) is 6.23. The zero-order valence-electron chi connectivity index (χ0n) is 14.0. The fourth-order valence-electron chi connectivity index (χ4n) is 5.00. The fourth-order valence-corrected chi connectivity index (χ4v) is 5.22. The second-order valence-electron chi connectivity index (χ2n) is 7.44. The van der Waals surface area contributed by atoms with Gasteiger partial charge in [0.15, 0.2) is 11.5 Å². The number of aromatic hydroxyl groups is 1. The molecule has 0 spiro atoms.